The molecule has 0 aliphatic carbocycles. The number of rotatable bonds is 3. The molecule has 2 rings (SSSR count). The van der Waals surface area contributed by atoms with Gasteiger partial charge in [0.05, 0.1) is 10.6 Å². The zero-order valence-electron chi connectivity index (χ0n) is 8.95. The monoisotopic (exact) mass is 239 g/mol. The topological polar surface area (TPSA) is 40.5 Å². The van der Waals surface area contributed by atoms with Gasteiger partial charge in [0.15, 0.2) is 0 Å². The van der Waals surface area contributed by atoms with Crippen molar-refractivity contribution in [2.75, 3.05) is 13.1 Å². The fourth-order valence-corrected chi connectivity index (χ4v) is 2.32. The average molecular weight is 240 g/mol. The number of halogens is 1. The highest BCUT2D eigenvalue weighted by Crippen LogP contribution is 2.23. The van der Waals surface area contributed by atoms with Crippen molar-refractivity contribution < 1.29 is 9.90 Å². The van der Waals surface area contributed by atoms with Crippen LogP contribution in [-0.2, 0) is 6.54 Å². The Morgan fingerprint density at radius 1 is 1.38 bits per heavy atom. The maximum Gasteiger partial charge on any atom is 0.337 e. The standard InChI is InChI=1S/C12H14ClNO2/c13-11-9(8-14-6-1-2-7-14)4-3-5-10(11)12(15)16/h3-5H,1-2,6-8H2,(H,15,16). The van der Waals surface area contributed by atoms with Gasteiger partial charge < -0.3 is 5.11 Å². The van der Waals surface area contributed by atoms with Gasteiger partial charge in [-0.1, -0.05) is 23.7 Å². The highest BCUT2D eigenvalue weighted by Gasteiger charge is 2.16. The quantitative estimate of drug-likeness (QED) is 0.882. The molecule has 86 valence electrons. The van der Waals surface area contributed by atoms with Crippen molar-refractivity contribution in [2.45, 2.75) is 19.4 Å². The van der Waals surface area contributed by atoms with Crippen LogP contribution in [0.25, 0.3) is 0 Å². The molecular formula is C12H14ClNO2. The van der Waals surface area contributed by atoms with Crippen LogP contribution in [0.3, 0.4) is 0 Å². The predicted octanol–water partition coefficient (Wildman–Crippen LogP) is 2.63. The molecule has 0 aromatic heterocycles. The molecule has 1 aromatic carbocycles. The molecule has 1 fully saturated rings. The van der Waals surface area contributed by atoms with Gasteiger partial charge >= 0.3 is 5.97 Å². The summed E-state index contributed by atoms with van der Waals surface area (Å²) in [6.45, 7) is 2.90. The number of likely N-dealkylation sites (tertiary alicyclic amines) is 1. The van der Waals surface area contributed by atoms with E-state index in [2.05, 4.69) is 4.90 Å². The zero-order valence-corrected chi connectivity index (χ0v) is 9.70. The summed E-state index contributed by atoms with van der Waals surface area (Å²) in [6.07, 6.45) is 2.44. The summed E-state index contributed by atoms with van der Waals surface area (Å²) in [5.41, 5.74) is 1.10. The van der Waals surface area contributed by atoms with Crippen molar-refractivity contribution in [1.29, 1.82) is 0 Å². The third kappa shape index (κ3) is 2.36. The Morgan fingerprint density at radius 2 is 2.06 bits per heavy atom. The van der Waals surface area contributed by atoms with Crippen molar-refractivity contribution in [3.05, 3.63) is 34.3 Å². The first-order chi connectivity index (χ1) is 7.68. The van der Waals surface area contributed by atoms with E-state index in [9.17, 15) is 4.79 Å². The minimum absolute atomic E-state index is 0.193. The maximum absolute atomic E-state index is 10.9. The van der Waals surface area contributed by atoms with Gasteiger partial charge in [-0.2, -0.15) is 0 Å². The number of benzene rings is 1. The first-order valence-corrected chi connectivity index (χ1v) is 5.79. The summed E-state index contributed by atoms with van der Waals surface area (Å²) in [5, 5.41) is 9.33. The number of carboxylic acid groups (broad SMARTS) is 1. The van der Waals surface area contributed by atoms with E-state index >= 15 is 0 Å². The van der Waals surface area contributed by atoms with Gasteiger partial charge in [0.25, 0.3) is 0 Å². The lowest BCUT2D eigenvalue weighted by atomic mass is 10.1. The van der Waals surface area contributed by atoms with E-state index in [1.165, 1.54) is 18.9 Å². The fraction of sp³-hybridized carbons (Fsp3) is 0.417. The molecule has 1 aliphatic rings. The SMILES string of the molecule is O=C(O)c1cccc(CN2CCCC2)c1Cl. The number of aromatic carboxylic acids is 1. The molecule has 4 heteroatoms. The number of hydrogen-bond donors (Lipinski definition) is 1. The van der Waals surface area contributed by atoms with Gasteiger partial charge in [-0.05, 0) is 37.6 Å². The van der Waals surface area contributed by atoms with Gasteiger partial charge in [-0.3, -0.25) is 4.90 Å². The molecule has 1 N–H and O–H groups in total. The first-order valence-electron chi connectivity index (χ1n) is 5.41. The van der Waals surface area contributed by atoms with E-state index in [0.29, 0.717) is 5.02 Å². The van der Waals surface area contributed by atoms with E-state index in [0.717, 1.165) is 25.2 Å². The third-order valence-corrected chi connectivity index (χ3v) is 3.35. The lowest BCUT2D eigenvalue weighted by Gasteiger charge is -2.16. The van der Waals surface area contributed by atoms with Gasteiger partial charge in [0.1, 0.15) is 0 Å². The van der Waals surface area contributed by atoms with Gasteiger partial charge in [0.2, 0.25) is 0 Å². The van der Waals surface area contributed by atoms with Crippen LogP contribution < -0.4 is 0 Å². The van der Waals surface area contributed by atoms with Crippen LogP contribution in [0.15, 0.2) is 18.2 Å². The van der Waals surface area contributed by atoms with Crippen molar-refractivity contribution in [3.63, 3.8) is 0 Å². The number of hydrogen-bond acceptors (Lipinski definition) is 2. The van der Waals surface area contributed by atoms with Gasteiger partial charge in [0, 0.05) is 6.54 Å². The van der Waals surface area contributed by atoms with E-state index < -0.39 is 5.97 Å². The summed E-state index contributed by atoms with van der Waals surface area (Å²) in [6, 6.07) is 5.19. The Kier molecular flexibility index (Phi) is 3.46. The largest absolute Gasteiger partial charge is 0.478 e. The molecule has 0 unspecified atom stereocenters. The van der Waals surface area contributed by atoms with E-state index in [1.54, 1.807) is 6.07 Å². The van der Waals surface area contributed by atoms with Crippen LogP contribution in [0.2, 0.25) is 5.02 Å². The minimum Gasteiger partial charge on any atom is -0.478 e. The Bertz CT molecular complexity index is 400. The normalized spacial score (nSPS) is 16.6. The van der Waals surface area contributed by atoms with E-state index in [-0.39, 0.29) is 5.56 Å². The number of carbonyl (C=O) groups is 1. The molecule has 1 aliphatic heterocycles. The Hall–Kier alpha value is -1.06. The molecule has 0 saturated carbocycles. The molecular weight excluding hydrogens is 226 g/mol. The highest BCUT2D eigenvalue weighted by molar-refractivity contribution is 6.34. The second-order valence-corrected chi connectivity index (χ2v) is 4.45. The molecule has 0 amide bonds. The summed E-state index contributed by atoms with van der Waals surface area (Å²) in [5.74, 6) is -0.965. The van der Waals surface area contributed by atoms with Crippen LogP contribution in [-0.4, -0.2) is 29.1 Å². The molecule has 3 nitrogen and oxygen atoms in total. The average Bonchev–Trinajstić information content (AvgIpc) is 2.73. The summed E-state index contributed by atoms with van der Waals surface area (Å²) in [4.78, 5) is 13.2. The summed E-state index contributed by atoms with van der Waals surface area (Å²) >= 11 is 6.07. The van der Waals surface area contributed by atoms with Gasteiger partial charge in [-0.15, -0.1) is 0 Å². The predicted molar refractivity (Wildman–Crippen MR) is 62.9 cm³/mol. The second kappa shape index (κ2) is 4.85. The first kappa shape index (κ1) is 11.4. The van der Waals surface area contributed by atoms with Gasteiger partial charge in [-0.25, -0.2) is 4.79 Å². The van der Waals surface area contributed by atoms with Crippen molar-refractivity contribution in [3.8, 4) is 0 Å². The fourth-order valence-electron chi connectivity index (χ4n) is 2.05. The summed E-state index contributed by atoms with van der Waals surface area (Å²) < 4.78 is 0. The molecule has 0 spiro atoms. The molecule has 1 heterocycles. The minimum atomic E-state index is -0.965. The number of nitrogens with zero attached hydrogens (tertiary/aromatic N) is 1. The smallest absolute Gasteiger partial charge is 0.337 e. The maximum atomic E-state index is 10.9. The Balaban J connectivity index is 2.20. The third-order valence-electron chi connectivity index (χ3n) is 2.90. The van der Waals surface area contributed by atoms with Crippen LogP contribution >= 0.6 is 11.6 Å². The van der Waals surface area contributed by atoms with Crippen molar-refractivity contribution in [2.24, 2.45) is 0 Å². The van der Waals surface area contributed by atoms with Crippen LogP contribution in [0.5, 0.6) is 0 Å². The van der Waals surface area contributed by atoms with Crippen LogP contribution in [0.1, 0.15) is 28.8 Å². The molecule has 0 bridgehead atoms. The second-order valence-electron chi connectivity index (χ2n) is 4.07. The van der Waals surface area contributed by atoms with Crippen LogP contribution in [0, 0.1) is 0 Å². The van der Waals surface area contributed by atoms with E-state index in [1.807, 2.05) is 6.07 Å². The molecule has 0 radical (unpaired) electrons. The molecule has 1 aromatic rings. The Morgan fingerprint density at radius 3 is 2.69 bits per heavy atom. The lowest BCUT2D eigenvalue weighted by molar-refractivity contribution is 0.0697. The molecule has 16 heavy (non-hydrogen) atoms. The van der Waals surface area contributed by atoms with Crippen molar-refractivity contribution in [1.82, 2.24) is 4.90 Å². The Labute approximate surface area is 99.6 Å². The number of carboxylic acids is 1. The summed E-state index contributed by atoms with van der Waals surface area (Å²) in [7, 11) is 0. The zero-order chi connectivity index (χ0) is 11.5. The molecule has 0 atom stereocenters. The van der Waals surface area contributed by atoms with Crippen molar-refractivity contribution >= 4 is 17.6 Å². The molecule has 1 saturated heterocycles. The van der Waals surface area contributed by atoms with E-state index in [4.69, 9.17) is 16.7 Å². The lowest BCUT2D eigenvalue weighted by Crippen LogP contribution is -2.19. The van der Waals surface area contributed by atoms with Crippen LogP contribution in [0.4, 0.5) is 0 Å². The highest BCUT2D eigenvalue weighted by atomic mass is 35.5.